The van der Waals surface area contributed by atoms with Crippen molar-refractivity contribution in [2.45, 2.75) is 31.9 Å². The predicted octanol–water partition coefficient (Wildman–Crippen LogP) is 0.917. The summed E-state index contributed by atoms with van der Waals surface area (Å²) in [6.07, 6.45) is 2.50. The normalized spacial score (nSPS) is 31.3. The highest BCUT2D eigenvalue weighted by atomic mass is 32.2. The van der Waals surface area contributed by atoms with Crippen LogP contribution in [0.2, 0.25) is 0 Å². The average molecular weight is 243 g/mol. The zero-order chi connectivity index (χ0) is 11.4. The van der Waals surface area contributed by atoms with E-state index in [4.69, 9.17) is 10.5 Å². The number of ether oxygens (including phenoxy) is 1. The van der Waals surface area contributed by atoms with Crippen LogP contribution in [0.4, 0.5) is 0 Å². The molecule has 0 aromatic rings. The lowest BCUT2D eigenvalue weighted by Crippen LogP contribution is -2.45. The average Bonchev–Trinajstić information content (AvgIpc) is 2.27. The van der Waals surface area contributed by atoms with E-state index in [0.717, 1.165) is 38.5 Å². The molecule has 2 N–H and O–H groups in total. The summed E-state index contributed by atoms with van der Waals surface area (Å²) in [5, 5.41) is 0. The minimum absolute atomic E-state index is 0.395. The summed E-state index contributed by atoms with van der Waals surface area (Å²) >= 11 is 1.99. The van der Waals surface area contributed by atoms with E-state index in [1.54, 1.807) is 0 Å². The Morgan fingerprint density at radius 3 is 2.75 bits per heavy atom. The van der Waals surface area contributed by atoms with Gasteiger partial charge in [-0.2, -0.15) is 11.8 Å². The van der Waals surface area contributed by atoms with Gasteiger partial charge in [0.15, 0.2) is 5.96 Å². The van der Waals surface area contributed by atoms with Crippen molar-refractivity contribution in [3.05, 3.63) is 0 Å². The van der Waals surface area contributed by atoms with Gasteiger partial charge in [0.05, 0.1) is 12.1 Å². The van der Waals surface area contributed by atoms with Crippen LogP contribution in [0, 0.1) is 0 Å². The van der Waals surface area contributed by atoms with E-state index in [9.17, 15) is 0 Å². The smallest absolute Gasteiger partial charge is 0.191 e. The van der Waals surface area contributed by atoms with Crippen LogP contribution in [0.25, 0.3) is 0 Å². The van der Waals surface area contributed by atoms with E-state index in [2.05, 4.69) is 9.89 Å². The summed E-state index contributed by atoms with van der Waals surface area (Å²) in [6.45, 7) is 4.93. The van der Waals surface area contributed by atoms with Crippen LogP contribution in [0.3, 0.4) is 0 Å². The lowest BCUT2D eigenvalue weighted by molar-refractivity contribution is -0.000935. The second-order valence-electron chi connectivity index (χ2n) is 4.29. The maximum atomic E-state index is 6.00. The van der Waals surface area contributed by atoms with Gasteiger partial charge >= 0.3 is 0 Å². The Morgan fingerprint density at radius 1 is 1.44 bits per heavy atom. The van der Waals surface area contributed by atoms with E-state index in [1.807, 2.05) is 18.7 Å². The van der Waals surface area contributed by atoms with Gasteiger partial charge in [0.2, 0.25) is 0 Å². The van der Waals surface area contributed by atoms with Crippen molar-refractivity contribution < 1.29 is 4.74 Å². The molecule has 0 aromatic heterocycles. The highest BCUT2D eigenvalue weighted by Crippen LogP contribution is 2.26. The fraction of sp³-hybridized carbons (Fsp3) is 0.909. The zero-order valence-corrected chi connectivity index (χ0v) is 10.7. The maximum absolute atomic E-state index is 6.00. The third-order valence-corrected chi connectivity index (χ3v) is 4.06. The molecule has 2 fully saturated rings. The third kappa shape index (κ3) is 3.04. The number of nitrogens with zero attached hydrogens (tertiary/aromatic N) is 2. The van der Waals surface area contributed by atoms with Crippen LogP contribution in [-0.2, 0) is 4.74 Å². The fourth-order valence-electron chi connectivity index (χ4n) is 2.08. The highest BCUT2D eigenvalue weighted by molar-refractivity contribution is 7.99. The molecule has 1 aliphatic heterocycles. The number of aliphatic imine (C=N–C) groups is 1. The first-order chi connectivity index (χ1) is 7.79. The SMILES string of the molecule is CCOC1CC(N=C(N)N2CCSCC2)C1. The molecule has 1 saturated carbocycles. The Balaban J connectivity index is 1.74. The number of nitrogens with two attached hydrogens (primary N) is 1. The minimum Gasteiger partial charge on any atom is -0.378 e. The second kappa shape index (κ2) is 5.77. The fourth-order valence-corrected chi connectivity index (χ4v) is 2.98. The van der Waals surface area contributed by atoms with Crippen molar-refractivity contribution in [2.75, 3.05) is 31.2 Å². The maximum Gasteiger partial charge on any atom is 0.191 e. The highest BCUT2D eigenvalue weighted by Gasteiger charge is 2.29. The van der Waals surface area contributed by atoms with Gasteiger partial charge in [-0.15, -0.1) is 0 Å². The van der Waals surface area contributed by atoms with Gasteiger partial charge in [0.25, 0.3) is 0 Å². The van der Waals surface area contributed by atoms with E-state index in [0.29, 0.717) is 12.1 Å². The van der Waals surface area contributed by atoms with E-state index >= 15 is 0 Å². The second-order valence-corrected chi connectivity index (χ2v) is 5.51. The van der Waals surface area contributed by atoms with Crippen molar-refractivity contribution in [3.63, 3.8) is 0 Å². The third-order valence-electron chi connectivity index (χ3n) is 3.12. The van der Waals surface area contributed by atoms with Gasteiger partial charge in [0, 0.05) is 31.2 Å². The van der Waals surface area contributed by atoms with E-state index in [1.165, 1.54) is 11.5 Å². The van der Waals surface area contributed by atoms with Gasteiger partial charge in [0.1, 0.15) is 0 Å². The molecule has 0 unspecified atom stereocenters. The predicted molar refractivity (Wildman–Crippen MR) is 69.0 cm³/mol. The number of hydrogen-bond acceptors (Lipinski definition) is 3. The zero-order valence-electron chi connectivity index (χ0n) is 9.89. The van der Waals surface area contributed by atoms with Crippen LogP contribution >= 0.6 is 11.8 Å². The standard InChI is InChI=1S/C11H21N3OS/c1-2-15-10-7-9(8-10)13-11(12)14-3-5-16-6-4-14/h9-10H,2-8H2,1H3,(H2,12,13). The largest absolute Gasteiger partial charge is 0.378 e. The molecule has 92 valence electrons. The Bertz CT molecular complexity index is 248. The summed E-state index contributed by atoms with van der Waals surface area (Å²) in [7, 11) is 0. The molecule has 0 bridgehead atoms. The van der Waals surface area contributed by atoms with Crippen LogP contribution in [0.15, 0.2) is 4.99 Å². The van der Waals surface area contributed by atoms with Crippen molar-refractivity contribution in [2.24, 2.45) is 10.7 Å². The summed E-state index contributed by atoms with van der Waals surface area (Å²) in [5.74, 6) is 3.07. The van der Waals surface area contributed by atoms with Crippen LogP contribution in [-0.4, -0.2) is 54.2 Å². The molecule has 16 heavy (non-hydrogen) atoms. The number of rotatable bonds is 3. The van der Waals surface area contributed by atoms with Crippen LogP contribution < -0.4 is 5.73 Å². The first kappa shape index (κ1) is 12.0. The molecule has 0 aromatic carbocycles. The van der Waals surface area contributed by atoms with E-state index in [-0.39, 0.29) is 0 Å². The first-order valence-electron chi connectivity index (χ1n) is 6.07. The molecule has 2 rings (SSSR count). The summed E-state index contributed by atoms with van der Waals surface area (Å²) in [6, 6.07) is 0.395. The Hall–Kier alpha value is -0.420. The molecule has 2 aliphatic rings. The van der Waals surface area contributed by atoms with Gasteiger partial charge in [-0.05, 0) is 19.8 Å². The molecule has 1 aliphatic carbocycles. The number of thioether (sulfide) groups is 1. The molecule has 4 nitrogen and oxygen atoms in total. The lowest BCUT2D eigenvalue weighted by atomic mass is 9.90. The Labute approximate surface area is 102 Å². The number of hydrogen-bond donors (Lipinski definition) is 1. The summed E-state index contributed by atoms with van der Waals surface area (Å²) in [5.41, 5.74) is 6.00. The molecule has 0 spiro atoms. The summed E-state index contributed by atoms with van der Waals surface area (Å²) in [4.78, 5) is 6.77. The van der Waals surface area contributed by atoms with Crippen LogP contribution in [0.1, 0.15) is 19.8 Å². The first-order valence-corrected chi connectivity index (χ1v) is 7.22. The van der Waals surface area contributed by atoms with Crippen molar-refractivity contribution in [1.82, 2.24) is 4.90 Å². The van der Waals surface area contributed by atoms with Gasteiger partial charge < -0.3 is 15.4 Å². The van der Waals surface area contributed by atoms with Crippen molar-refractivity contribution in [3.8, 4) is 0 Å². The van der Waals surface area contributed by atoms with E-state index < -0.39 is 0 Å². The van der Waals surface area contributed by atoms with Gasteiger partial charge in [-0.3, -0.25) is 0 Å². The minimum atomic E-state index is 0.395. The molecule has 5 heteroatoms. The van der Waals surface area contributed by atoms with Crippen molar-refractivity contribution in [1.29, 1.82) is 0 Å². The lowest BCUT2D eigenvalue weighted by Gasteiger charge is -2.34. The molecule has 0 radical (unpaired) electrons. The topological polar surface area (TPSA) is 50.9 Å². The Morgan fingerprint density at radius 2 is 2.12 bits per heavy atom. The quantitative estimate of drug-likeness (QED) is 0.591. The van der Waals surface area contributed by atoms with Crippen molar-refractivity contribution >= 4 is 17.7 Å². The summed E-state index contributed by atoms with van der Waals surface area (Å²) < 4.78 is 5.51. The molecular formula is C11H21N3OS. The molecule has 1 saturated heterocycles. The number of guanidine groups is 1. The van der Waals surface area contributed by atoms with Gasteiger partial charge in [-0.25, -0.2) is 4.99 Å². The molecule has 0 amide bonds. The monoisotopic (exact) mass is 243 g/mol. The Kier molecular flexibility index (Phi) is 4.35. The molecule has 1 heterocycles. The molecular weight excluding hydrogens is 222 g/mol. The van der Waals surface area contributed by atoms with Gasteiger partial charge in [-0.1, -0.05) is 0 Å². The van der Waals surface area contributed by atoms with Crippen LogP contribution in [0.5, 0.6) is 0 Å². The molecule has 0 atom stereocenters.